The lowest BCUT2D eigenvalue weighted by Crippen LogP contribution is -2.57. The highest BCUT2D eigenvalue weighted by molar-refractivity contribution is 6.30. The lowest BCUT2D eigenvalue weighted by Gasteiger charge is -2.40. The van der Waals surface area contributed by atoms with Gasteiger partial charge in [0.1, 0.15) is 5.75 Å². The largest absolute Gasteiger partial charge is 0.493 e. The van der Waals surface area contributed by atoms with Gasteiger partial charge < -0.3 is 24.4 Å². The Morgan fingerprint density at radius 3 is 2.28 bits per heavy atom. The van der Waals surface area contributed by atoms with Gasteiger partial charge in [0.2, 0.25) is 5.91 Å². The highest BCUT2D eigenvalue weighted by atomic mass is 35.5. The summed E-state index contributed by atoms with van der Waals surface area (Å²) >= 11 is 5.90. The predicted molar refractivity (Wildman–Crippen MR) is 139 cm³/mol. The molecular formula is C27H34ClN3O5. The molecule has 194 valence electrons. The zero-order valence-electron chi connectivity index (χ0n) is 20.9. The average Bonchev–Trinajstić information content (AvgIpc) is 3.43. The maximum Gasteiger partial charge on any atom is 0.260 e. The van der Waals surface area contributed by atoms with Gasteiger partial charge in [-0.3, -0.25) is 14.5 Å². The van der Waals surface area contributed by atoms with Gasteiger partial charge in [0.05, 0.1) is 20.3 Å². The van der Waals surface area contributed by atoms with Crippen LogP contribution in [0.3, 0.4) is 0 Å². The monoisotopic (exact) mass is 515 g/mol. The van der Waals surface area contributed by atoms with Crippen LogP contribution in [0.2, 0.25) is 5.02 Å². The molecule has 0 unspecified atom stereocenters. The number of amides is 2. The number of piperazine rings is 1. The Morgan fingerprint density at radius 2 is 1.64 bits per heavy atom. The first-order valence-electron chi connectivity index (χ1n) is 12.4. The summed E-state index contributed by atoms with van der Waals surface area (Å²) in [6.45, 7) is 2.40. The van der Waals surface area contributed by atoms with Crippen molar-refractivity contribution in [2.75, 3.05) is 52.3 Å². The van der Waals surface area contributed by atoms with Crippen molar-refractivity contribution in [2.24, 2.45) is 5.92 Å². The van der Waals surface area contributed by atoms with Gasteiger partial charge in [-0.25, -0.2) is 0 Å². The van der Waals surface area contributed by atoms with Gasteiger partial charge in [0, 0.05) is 43.0 Å². The molecule has 1 aliphatic carbocycles. The minimum Gasteiger partial charge on any atom is -0.493 e. The second kappa shape index (κ2) is 12.3. The van der Waals surface area contributed by atoms with Crippen molar-refractivity contribution < 1.29 is 23.8 Å². The van der Waals surface area contributed by atoms with E-state index in [-0.39, 0.29) is 24.5 Å². The number of nitrogens with one attached hydrogen (secondary N) is 1. The maximum atomic E-state index is 13.5. The van der Waals surface area contributed by atoms with Crippen LogP contribution >= 0.6 is 11.6 Å². The van der Waals surface area contributed by atoms with Crippen LogP contribution in [0, 0.1) is 5.92 Å². The molecule has 0 radical (unpaired) electrons. The minimum absolute atomic E-state index is 0.0139. The number of rotatable bonds is 9. The number of hydrogen-bond acceptors (Lipinski definition) is 6. The molecule has 2 amide bonds. The van der Waals surface area contributed by atoms with E-state index in [1.54, 1.807) is 50.6 Å². The lowest BCUT2D eigenvalue weighted by molar-refractivity contribution is -0.136. The van der Waals surface area contributed by atoms with Crippen molar-refractivity contribution in [3.8, 4) is 17.2 Å². The smallest absolute Gasteiger partial charge is 0.260 e. The highest BCUT2D eigenvalue weighted by Gasteiger charge is 2.37. The molecule has 2 aromatic carbocycles. The molecular weight excluding hydrogens is 482 g/mol. The molecule has 2 aliphatic rings. The van der Waals surface area contributed by atoms with Crippen LogP contribution in [0.1, 0.15) is 25.7 Å². The molecule has 0 spiro atoms. The van der Waals surface area contributed by atoms with E-state index in [1.165, 1.54) is 0 Å². The van der Waals surface area contributed by atoms with E-state index in [4.69, 9.17) is 25.8 Å². The highest BCUT2D eigenvalue weighted by Crippen LogP contribution is 2.33. The summed E-state index contributed by atoms with van der Waals surface area (Å²) in [5.74, 6) is 2.03. The number of benzene rings is 2. The Bertz CT molecular complexity index is 1030. The quantitative estimate of drug-likeness (QED) is 0.542. The molecule has 2 fully saturated rings. The normalized spacial score (nSPS) is 17.5. The zero-order valence-corrected chi connectivity index (χ0v) is 21.6. The standard InChI is InChI=1S/C27H34ClN3O5/c1-34-23-12-9-21(17-24(23)35-2)29-27(33)26(19-5-3-4-6-19)31-15-13-30(14-16-31)25(32)18-36-22-10-7-20(28)8-11-22/h7-12,17,19,26H,3-6,13-16,18H2,1-2H3,(H,29,33)/t26-/m0/s1. The van der Waals surface area contributed by atoms with E-state index in [0.717, 1.165) is 25.7 Å². The molecule has 9 heteroatoms. The third-order valence-corrected chi connectivity index (χ3v) is 7.25. The van der Waals surface area contributed by atoms with Crippen molar-refractivity contribution in [1.29, 1.82) is 0 Å². The Hall–Kier alpha value is -2.97. The van der Waals surface area contributed by atoms with E-state index < -0.39 is 0 Å². The summed E-state index contributed by atoms with van der Waals surface area (Å²) in [6.07, 6.45) is 4.37. The first-order chi connectivity index (χ1) is 17.5. The molecule has 8 nitrogen and oxygen atoms in total. The van der Waals surface area contributed by atoms with E-state index in [9.17, 15) is 9.59 Å². The average molecular weight is 516 g/mol. The van der Waals surface area contributed by atoms with Crippen LogP contribution in [-0.4, -0.2) is 74.7 Å². The molecule has 0 aromatic heterocycles. The number of carbonyl (C=O) groups is 2. The van der Waals surface area contributed by atoms with Crippen LogP contribution in [0.4, 0.5) is 5.69 Å². The third kappa shape index (κ3) is 6.42. The molecule has 1 saturated carbocycles. The summed E-state index contributed by atoms with van der Waals surface area (Å²) in [5.41, 5.74) is 0.675. The first-order valence-corrected chi connectivity index (χ1v) is 12.8. The SMILES string of the molecule is COc1ccc(NC(=O)[C@H](C2CCCC2)N2CCN(C(=O)COc3ccc(Cl)cc3)CC2)cc1OC. The van der Waals surface area contributed by atoms with Gasteiger partial charge in [-0.05, 0) is 55.2 Å². The minimum atomic E-state index is -0.233. The number of ether oxygens (including phenoxy) is 3. The number of halogens is 1. The van der Waals surface area contributed by atoms with Crippen molar-refractivity contribution in [3.63, 3.8) is 0 Å². The van der Waals surface area contributed by atoms with Crippen molar-refractivity contribution in [2.45, 2.75) is 31.7 Å². The summed E-state index contributed by atoms with van der Waals surface area (Å²) in [4.78, 5) is 30.3. The fourth-order valence-electron chi connectivity index (χ4n) is 5.10. The predicted octanol–water partition coefficient (Wildman–Crippen LogP) is 4.08. The Labute approximate surface area is 217 Å². The zero-order chi connectivity index (χ0) is 25.5. The lowest BCUT2D eigenvalue weighted by atomic mass is 9.95. The topological polar surface area (TPSA) is 80.3 Å². The summed E-state index contributed by atoms with van der Waals surface area (Å²) < 4.78 is 16.3. The van der Waals surface area contributed by atoms with Gasteiger partial charge in [-0.2, -0.15) is 0 Å². The van der Waals surface area contributed by atoms with Crippen LogP contribution < -0.4 is 19.5 Å². The maximum absolute atomic E-state index is 13.5. The number of methoxy groups -OCH3 is 2. The van der Waals surface area contributed by atoms with Gasteiger partial charge in [-0.1, -0.05) is 24.4 Å². The second-order valence-electron chi connectivity index (χ2n) is 9.21. The number of anilines is 1. The fraction of sp³-hybridized carbons (Fsp3) is 0.481. The Kier molecular flexibility index (Phi) is 8.93. The third-order valence-electron chi connectivity index (χ3n) is 7.00. The molecule has 36 heavy (non-hydrogen) atoms. The van der Waals surface area contributed by atoms with Crippen LogP contribution in [0.15, 0.2) is 42.5 Å². The first kappa shape index (κ1) is 26.1. The van der Waals surface area contributed by atoms with Crippen LogP contribution in [0.25, 0.3) is 0 Å². The summed E-state index contributed by atoms with van der Waals surface area (Å²) in [5, 5.41) is 3.71. The van der Waals surface area contributed by atoms with Crippen molar-refractivity contribution in [1.82, 2.24) is 9.80 Å². The van der Waals surface area contributed by atoms with Gasteiger partial charge >= 0.3 is 0 Å². The van der Waals surface area contributed by atoms with E-state index in [2.05, 4.69) is 10.2 Å². The number of nitrogens with zero attached hydrogens (tertiary/aromatic N) is 2. The molecule has 2 aromatic rings. The van der Waals surface area contributed by atoms with E-state index >= 15 is 0 Å². The van der Waals surface area contributed by atoms with Gasteiger partial charge in [-0.15, -0.1) is 0 Å². The molecule has 1 aliphatic heterocycles. The summed E-state index contributed by atoms with van der Waals surface area (Å²) in [7, 11) is 3.16. The van der Waals surface area contributed by atoms with E-state index in [1.807, 2.05) is 11.0 Å². The molecule has 1 atom stereocenters. The Morgan fingerprint density at radius 1 is 0.972 bits per heavy atom. The van der Waals surface area contributed by atoms with E-state index in [0.29, 0.717) is 60.1 Å². The number of carbonyl (C=O) groups excluding carboxylic acids is 2. The van der Waals surface area contributed by atoms with Crippen LogP contribution in [0.5, 0.6) is 17.2 Å². The van der Waals surface area contributed by atoms with Crippen molar-refractivity contribution >= 4 is 29.1 Å². The second-order valence-corrected chi connectivity index (χ2v) is 9.64. The molecule has 0 bridgehead atoms. The molecule has 1 saturated heterocycles. The molecule has 1 heterocycles. The molecule has 1 N–H and O–H groups in total. The fourth-order valence-corrected chi connectivity index (χ4v) is 5.22. The molecule has 4 rings (SSSR count). The van der Waals surface area contributed by atoms with Gasteiger partial charge in [0.25, 0.3) is 5.91 Å². The van der Waals surface area contributed by atoms with Gasteiger partial charge in [0.15, 0.2) is 18.1 Å². The summed E-state index contributed by atoms with van der Waals surface area (Å²) in [6, 6.07) is 12.1. The Balaban J connectivity index is 1.36. The number of hydrogen-bond donors (Lipinski definition) is 1. The van der Waals surface area contributed by atoms with Crippen molar-refractivity contribution in [3.05, 3.63) is 47.5 Å². The van der Waals surface area contributed by atoms with Crippen LogP contribution in [-0.2, 0) is 9.59 Å².